The predicted molar refractivity (Wildman–Crippen MR) is 87.5 cm³/mol. The Labute approximate surface area is 136 Å². The van der Waals surface area contributed by atoms with Crippen LogP contribution in [0.4, 0.5) is 15.9 Å². The van der Waals surface area contributed by atoms with E-state index in [9.17, 15) is 9.60 Å². The molecule has 0 saturated carbocycles. The van der Waals surface area contributed by atoms with Crippen molar-refractivity contribution in [1.29, 1.82) is 0 Å². The third-order valence-electron chi connectivity index (χ3n) is 2.80. The normalized spacial score (nSPS) is 11.1. The van der Waals surface area contributed by atoms with Gasteiger partial charge >= 0.3 is 0 Å². The van der Waals surface area contributed by atoms with Crippen LogP contribution in [0.25, 0.3) is 0 Å². The number of halogens is 1. The number of hydrogen-bond donors (Lipinski definition) is 3. The van der Waals surface area contributed by atoms with E-state index < -0.39 is 5.82 Å². The number of amidine groups is 1. The molecule has 0 atom stereocenters. The van der Waals surface area contributed by atoms with Gasteiger partial charge in [0.25, 0.3) is 0 Å². The van der Waals surface area contributed by atoms with Gasteiger partial charge in [-0.05, 0) is 34.8 Å². The van der Waals surface area contributed by atoms with Crippen LogP contribution < -0.4 is 10.6 Å². The Balaban J connectivity index is 2.18. The molecule has 0 radical (unpaired) electrons. The fourth-order valence-electron chi connectivity index (χ4n) is 1.71. The molecule has 23 heavy (non-hydrogen) atoms. The maximum Gasteiger partial charge on any atom is 0.203 e. The molecule has 2 rings (SSSR count). The molecule has 9 heteroatoms. The van der Waals surface area contributed by atoms with Crippen LogP contribution in [-0.2, 0) is 0 Å². The number of oxime groups is 1. The SMILES string of the molecule is C#Cc1cc(NC(=NO)c2nonc2NCCSC)ccc1F. The molecule has 0 spiro atoms. The van der Waals surface area contributed by atoms with Crippen molar-refractivity contribution in [2.45, 2.75) is 0 Å². The molecule has 0 aliphatic heterocycles. The van der Waals surface area contributed by atoms with E-state index in [1.807, 2.05) is 6.26 Å². The molecule has 1 aromatic carbocycles. The van der Waals surface area contributed by atoms with Gasteiger partial charge in [-0.25, -0.2) is 9.02 Å². The summed E-state index contributed by atoms with van der Waals surface area (Å²) in [5, 5.41) is 25.6. The van der Waals surface area contributed by atoms with Crippen molar-refractivity contribution in [2.75, 3.05) is 29.2 Å². The maximum absolute atomic E-state index is 13.4. The molecule has 120 valence electrons. The van der Waals surface area contributed by atoms with E-state index in [0.29, 0.717) is 18.1 Å². The Hall–Kier alpha value is -2.73. The van der Waals surface area contributed by atoms with Crippen molar-refractivity contribution < 1.29 is 14.2 Å². The molecule has 0 amide bonds. The zero-order valence-corrected chi connectivity index (χ0v) is 13.0. The van der Waals surface area contributed by atoms with Crippen LogP contribution in [0.1, 0.15) is 11.3 Å². The number of anilines is 2. The number of thioether (sulfide) groups is 1. The Morgan fingerprint density at radius 3 is 3.04 bits per heavy atom. The molecule has 7 nitrogen and oxygen atoms in total. The molecule has 0 bridgehead atoms. The summed E-state index contributed by atoms with van der Waals surface area (Å²) in [7, 11) is 0. The van der Waals surface area contributed by atoms with Gasteiger partial charge in [0.15, 0.2) is 5.69 Å². The summed E-state index contributed by atoms with van der Waals surface area (Å²) in [6, 6.07) is 4.08. The highest BCUT2D eigenvalue weighted by molar-refractivity contribution is 7.98. The third kappa shape index (κ3) is 4.14. The van der Waals surface area contributed by atoms with Crippen LogP contribution in [0.2, 0.25) is 0 Å². The molecular weight excluding hydrogens is 321 g/mol. The first-order valence-corrected chi connectivity index (χ1v) is 7.90. The first kappa shape index (κ1) is 16.6. The van der Waals surface area contributed by atoms with Crippen LogP contribution in [0.3, 0.4) is 0 Å². The summed E-state index contributed by atoms with van der Waals surface area (Å²) in [5.74, 6) is 2.90. The summed E-state index contributed by atoms with van der Waals surface area (Å²) in [6.07, 6.45) is 7.20. The predicted octanol–water partition coefficient (Wildman–Crippen LogP) is 2.21. The highest BCUT2D eigenvalue weighted by Gasteiger charge is 2.17. The Bertz CT molecular complexity index is 741. The summed E-state index contributed by atoms with van der Waals surface area (Å²) in [6.45, 7) is 0.638. The van der Waals surface area contributed by atoms with Gasteiger partial charge in [0, 0.05) is 18.0 Å². The summed E-state index contributed by atoms with van der Waals surface area (Å²) in [4.78, 5) is 0. The van der Waals surface area contributed by atoms with Crippen LogP contribution >= 0.6 is 11.8 Å². The van der Waals surface area contributed by atoms with E-state index in [-0.39, 0.29) is 17.1 Å². The Morgan fingerprint density at radius 2 is 2.35 bits per heavy atom. The molecule has 0 fully saturated rings. The Morgan fingerprint density at radius 1 is 1.52 bits per heavy atom. The second kappa shape index (κ2) is 8.05. The molecule has 3 N–H and O–H groups in total. The van der Waals surface area contributed by atoms with Crippen LogP contribution in [0.15, 0.2) is 28.0 Å². The minimum absolute atomic E-state index is 0.00696. The number of benzene rings is 1. The van der Waals surface area contributed by atoms with E-state index in [0.717, 1.165) is 5.75 Å². The van der Waals surface area contributed by atoms with Gasteiger partial charge in [0.2, 0.25) is 11.7 Å². The smallest absolute Gasteiger partial charge is 0.203 e. The molecule has 0 aliphatic rings. The number of hydrogen-bond acceptors (Lipinski definition) is 7. The van der Waals surface area contributed by atoms with Crippen molar-refractivity contribution in [2.24, 2.45) is 5.16 Å². The zero-order valence-electron chi connectivity index (χ0n) is 12.2. The fourth-order valence-corrected chi connectivity index (χ4v) is 2.02. The summed E-state index contributed by atoms with van der Waals surface area (Å²) >= 11 is 1.66. The van der Waals surface area contributed by atoms with Gasteiger partial charge in [-0.15, -0.1) is 6.42 Å². The second-order valence-electron chi connectivity index (χ2n) is 4.29. The minimum Gasteiger partial charge on any atom is -0.409 e. The lowest BCUT2D eigenvalue weighted by molar-refractivity contribution is 0.305. The molecule has 0 saturated heterocycles. The number of terminal acetylenes is 1. The van der Waals surface area contributed by atoms with E-state index >= 15 is 0 Å². The van der Waals surface area contributed by atoms with E-state index in [1.165, 1.54) is 18.2 Å². The first-order chi connectivity index (χ1) is 11.2. The lowest BCUT2D eigenvalue weighted by Crippen LogP contribution is -2.17. The highest BCUT2D eigenvalue weighted by Crippen LogP contribution is 2.17. The average molecular weight is 335 g/mol. The maximum atomic E-state index is 13.4. The molecular formula is C14H14FN5O2S. The third-order valence-corrected chi connectivity index (χ3v) is 3.41. The lowest BCUT2D eigenvalue weighted by atomic mass is 10.2. The van der Waals surface area contributed by atoms with Gasteiger partial charge in [-0.1, -0.05) is 11.1 Å². The van der Waals surface area contributed by atoms with E-state index in [2.05, 4.69) is 36.7 Å². The summed E-state index contributed by atoms with van der Waals surface area (Å²) in [5.41, 5.74) is 0.717. The molecule has 0 unspecified atom stereocenters. The molecule has 2 aromatic rings. The Kier molecular flexibility index (Phi) is 5.82. The largest absolute Gasteiger partial charge is 0.409 e. The number of nitrogens with zero attached hydrogens (tertiary/aromatic N) is 3. The quantitative estimate of drug-likeness (QED) is 0.186. The first-order valence-electron chi connectivity index (χ1n) is 6.50. The van der Waals surface area contributed by atoms with E-state index in [1.54, 1.807) is 11.8 Å². The van der Waals surface area contributed by atoms with Crippen molar-refractivity contribution in [3.63, 3.8) is 0 Å². The van der Waals surface area contributed by atoms with Gasteiger partial charge in [-0.2, -0.15) is 11.8 Å². The number of aromatic nitrogens is 2. The van der Waals surface area contributed by atoms with Crippen LogP contribution in [0, 0.1) is 18.2 Å². The standard InChI is InChI=1S/C14H14FN5O2S/c1-3-9-8-10(4-5-11(9)15)17-14(18-21)12-13(20-22-19-12)16-6-7-23-2/h1,4-5,8,21H,6-7H2,2H3,(H,16,20)(H,17,18). The van der Waals surface area contributed by atoms with Gasteiger partial charge in [0.1, 0.15) is 5.82 Å². The van der Waals surface area contributed by atoms with E-state index in [4.69, 9.17) is 6.42 Å². The second-order valence-corrected chi connectivity index (χ2v) is 5.28. The molecule has 1 heterocycles. The summed E-state index contributed by atoms with van der Waals surface area (Å²) < 4.78 is 18.1. The van der Waals surface area contributed by atoms with Gasteiger partial charge in [-0.3, -0.25) is 0 Å². The van der Waals surface area contributed by atoms with Crippen molar-refractivity contribution >= 4 is 29.1 Å². The van der Waals surface area contributed by atoms with Crippen LogP contribution in [-0.4, -0.2) is 39.9 Å². The lowest BCUT2D eigenvalue weighted by Gasteiger charge is -2.08. The van der Waals surface area contributed by atoms with Gasteiger partial charge < -0.3 is 15.8 Å². The van der Waals surface area contributed by atoms with Crippen molar-refractivity contribution in [1.82, 2.24) is 10.3 Å². The number of nitrogens with one attached hydrogen (secondary N) is 2. The van der Waals surface area contributed by atoms with Crippen LogP contribution in [0.5, 0.6) is 0 Å². The zero-order chi connectivity index (χ0) is 16.7. The molecule has 0 aliphatic carbocycles. The monoisotopic (exact) mass is 335 g/mol. The minimum atomic E-state index is -0.511. The molecule has 1 aromatic heterocycles. The van der Waals surface area contributed by atoms with Gasteiger partial charge in [0.05, 0.1) is 5.56 Å². The fraction of sp³-hybridized carbons (Fsp3) is 0.214. The average Bonchev–Trinajstić information content (AvgIpc) is 3.02. The van der Waals surface area contributed by atoms with Crippen molar-refractivity contribution in [3.05, 3.63) is 35.3 Å². The van der Waals surface area contributed by atoms with Crippen molar-refractivity contribution in [3.8, 4) is 12.3 Å². The number of rotatable bonds is 6. The highest BCUT2D eigenvalue weighted by atomic mass is 32.2. The topological polar surface area (TPSA) is 95.6 Å².